The number of nitro groups is 1. The van der Waals surface area contributed by atoms with Gasteiger partial charge in [-0.15, -0.1) is 0 Å². The number of nitrogens with one attached hydrogen (secondary N) is 1. The van der Waals surface area contributed by atoms with Crippen molar-refractivity contribution in [2.75, 3.05) is 11.9 Å². The lowest BCUT2D eigenvalue weighted by molar-refractivity contribution is -0.385. The highest BCUT2D eigenvalue weighted by molar-refractivity contribution is 9.10. The minimum absolute atomic E-state index is 0.114. The Bertz CT molecular complexity index is 549. The maximum atomic E-state index is 11.7. The Labute approximate surface area is 122 Å². The molecule has 0 fully saturated rings. The Hall–Kier alpha value is -2.00. The fraction of sp³-hybridized carbons (Fsp3) is 0.273. The number of nitrogens with two attached hydrogens (primary N) is 1. The van der Waals surface area contributed by atoms with Gasteiger partial charge in [-0.05, 0) is 35.0 Å². The van der Waals surface area contributed by atoms with Crippen LogP contribution in [-0.2, 0) is 14.3 Å². The monoisotopic (exact) mass is 345 g/mol. The molecule has 0 aliphatic rings. The summed E-state index contributed by atoms with van der Waals surface area (Å²) in [6.07, 6.45) is 0. The molecular formula is C11H12BrN3O5. The number of benzene rings is 1. The molecule has 0 saturated heterocycles. The summed E-state index contributed by atoms with van der Waals surface area (Å²) in [5.74, 6) is -1.60. The van der Waals surface area contributed by atoms with E-state index in [-0.39, 0.29) is 22.5 Å². The average molecular weight is 346 g/mol. The normalized spacial score (nSPS) is 11.6. The summed E-state index contributed by atoms with van der Waals surface area (Å²) in [7, 11) is 0. The molecule has 1 amide bonds. The van der Waals surface area contributed by atoms with E-state index in [4.69, 9.17) is 5.73 Å². The predicted molar refractivity (Wildman–Crippen MR) is 74.0 cm³/mol. The van der Waals surface area contributed by atoms with Crippen molar-refractivity contribution in [2.24, 2.45) is 5.73 Å². The Kier molecular flexibility index (Phi) is 5.59. The highest BCUT2D eigenvalue weighted by atomic mass is 79.9. The molecule has 0 aliphatic carbocycles. The molecule has 1 rings (SSSR count). The largest absolute Gasteiger partial charge is 0.464 e. The number of carbonyl (C=O) groups excluding carboxylic acids is 2. The molecule has 0 heterocycles. The standard InChI is InChI=1S/C11H12BrN3O5/c1-2-20-11(17)9(13)10(16)14-6-3-4-8(15(18)19)7(12)5-6/h3-5,9H,2,13H2,1H3,(H,14,16). The SMILES string of the molecule is CCOC(=O)C(N)C(=O)Nc1ccc([N+](=O)[O-])c(Br)c1. The van der Waals surface area contributed by atoms with Gasteiger partial charge in [-0.3, -0.25) is 14.9 Å². The van der Waals surface area contributed by atoms with Crippen LogP contribution in [0.5, 0.6) is 0 Å². The molecule has 0 spiro atoms. The number of amides is 1. The summed E-state index contributed by atoms with van der Waals surface area (Å²) in [5, 5.41) is 13.0. The van der Waals surface area contributed by atoms with Gasteiger partial charge in [-0.25, -0.2) is 4.79 Å². The van der Waals surface area contributed by atoms with Gasteiger partial charge in [0.05, 0.1) is 16.0 Å². The Morgan fingerprint density at radius 2 is 2.20 bits per heavy atom. The molecular weight excluding hydrogens is 334 g/mol. The minimum Gasteiger partial charge on any atom is -0.464 e. The van der Waals surface area contributed by atoms with Crippen molar-refractivity contribution in [3.63, 3.8) is 0 Å². The zero-order valence-electron chi connectivity index (χ0n) is 10.5. The van der Waals surface area contributed by atoms with Gasteiger partial charge in [0.15, 0.2) is 6.04 Å². The van der Waals surface area contributed by atoms with E-state index in [1.165, 1.54) is 18.2 Å². The first-order chi connectivity index (χ1) is 9.36. The second-order valence-electron chi connectivity index (χ2n) is 3.64. The molecule has 20 heavy (non-hydrogen) atoms. The molecule has 0 bridgehead atoms. The van der Waals surface area contributed by atoms with Crippen LogP contribution in [0.15, 0.2) is 22.7 Å². The molecule has 0 aromatic heterocycles. The molecule has 1 unspecified atom stereocenters. The summed E-state index contributed by atoms with van der Waals surface area (Å²) in [5.41, 5.74) is 5.53. The number of anilines is 1. The number of esters is 1. The highest BCUT2D eigenvalue weighted by Crippen LogP contribution is 2.27. The van der Waals surface area contributed by atoms with E-state index in [2.05, 4.69) is 26.0 Å². The summed E-state index contributed by atoms with van der Waals surface area (Å²) < 4.78 is 4.81. The second-order valence-corrected chi connectivity index (χ2v) is 4.50. The van der Waals surface area contributed by atoms with Crippen LogP contribution < -0.4 is 11.1 Å². The third kappa shape index (κ3) is 4.00. The van der Waals surface area contributed by atoms with Crippen molar-refractivity contribution in [1.29, 1.82) is 0 Å². The van der Waals surface area contributed by atoms with E-state index in [0.29, 0.717) is 0 Å². The molecule has 1 aromatic rings. The highest BCUT2D eigenvalue weighted by Gasteiger charge is 2.24. The van der Waals surface area contributed by atoms with Gasteiger partial charge in [0.1, 0.15) is 0 Å². The van der Waals surface area contributed by atoms with Crippen LogP contribution in [0.3, 0.4) is 0 Å². The topological polar surface area (TPSA) is 125 Å². The maximum Gasteiger partial charge on any atom is 0.332 e. The summed E-state index contributed by atoms with van der Waals surface area (Å²) in [4.78, 5) is 33.0. The number of nitrogens with zero attached hydrogens (tertiary/aromatic N) is 1. The second kappa shape index (κ2) is 6.96. The van der Waals surface area contributed by atoms with Gasteiger partial charge in [0.25, 0.3) is 11.6 Å². The zero-order valence-corrected chi connectivity index (χ0v) is 12.0. The van der Waals surface area contributed by atoms with Crippen molar-refractivity contribution >= 4 is 39.2 Å². The number of halogens is 1. The van der Waals surface area contributed by atoms with Gasteiger partial charge in [0, 0.05) is 11.8 Å². The van der Waals surface area contributed by atoms with Gasteiger partial charge < -0.3 is 15.8 Å². The van der Waals surface area contributed by atoms with Crippen LogP contribution in [0.4, 0.5) is 11.4 Å². The third-order valence-electron chi connectivity index (χ3n) is 2.23. The van der Waals surface area contributed by atoms with E-state index < -0.39 is 22.8 Å². The number of hydrogen-bond acceptors (Lipinski definition) is 6. The summed E-state index contributed by atoms with van der Waals surface area (Å²) in [6.45, 7) is 1.71. The van der Waals surface area contributed by atoms with Gasteiger partial charge >= 0.3 is 5.97 Å². The molecule has 9 heteroatoms. The van der Waals surface area contributed by atoms with Crippen LogP contribution in [0.25, 0.3) is 0 Å². The fourth-order valence-electron chi connectivity index (χ4n) is 1.29. The lowest BCUT2D eigenvalue weighted by Crippen LogP contribution is -2.43. The zero-order chi connectivity index (χ0) is 15.3. The maximum absolute atomic E-state index is 11.7. The van der Waals surface area contributed by atoms with E-state index >= 15 is 0 Å². The van der Waals surface area contributed by atoms with Crippen molar-refractivity contribution in [3.8, 4) is 0 Å². The molecule has 0 saturated carbocycles. The van der Waals surface area contributed by atoms with Crippen molar-refractivity contribution < 1.29 is 19.2 Å². The fourth-order valence-corrected chi connectivity index (χ4v) is 1.82. The Balaban J connectivity index is 2.79. The number of rotatable bonds is 5. The number of hydrogen-bond donors (Lipinski definition) is 2. The van der Waals surface area contributed by atoms with E-state index in [9.17, 15) is 19.7 Å². The van der Waals surface area contributed by atoms with E-state index in [0.717, 1.165) is 0 Å². The molecule has 1 atom stereocenters. The van der Waals surface area contributed by atoms with Crippen molar-refractivity contribution in [3.05, 3.63) is 32.8 Å². The van der Waals surface area contributed by atoms with E-state index in [1.807, 2.05) is 0 Å². The molecule has 1 aromatic carbocycles. The van der Waals surface area contributed by atoms with Crippen LogP contribution >= 0.6 is 15.9 Å². The van der Waals surface area contributed by atoms with Gasteiger partial charge in [0.2, 0.25) is 0 Å². The number of carbonyl (C=O) groups is 2. The quantitative estimate of drug-likeness (QED) is 0.357. The van der Waals surface area contributed by atoms with Crippen LogP contribution in [0, 0.1) is 10.1 Å². The molecule has 0 aliphatic heterocycles. The van der Waals surface area contributed by atoms with E-state index in [1.54, 1.807) is 6.92 Å². The number of nitro benzene ring substituents is 1. The summed E-state index contributed by atoms with van der Waals surface area (Å²) >= 11 is 3.01. The predicted octanol–water partition coefficient (Wildman–Crippen LogP) is 1.19. The van der Waals surface area contributed by atoms with Crippen molar-refractivity contribution in [1.82, 2.24) is 0 Å². The smallest absolute Gasteiger partial charge is 0.332 e. The first kappa shape index (κ1) is 16.1. The van der Waals surface area contributed by atoms with Crippen molar-refractivity contribution in [2.45, 2.75) is 13.0 Å². The third-order valence-corrected chi connectivity index (χ3v) is 2.87. The van der Waals surface area contributed by atoms with Crippen LogP contribution in [0.1, 0.15) is 6.92 Å². The molecule has 3 N–H and O–H groups in total. The first-order valence-electron chi connectivity index (χ1n) is 5.53. The van der Waals surface area contributed by atoms with Gasteiger partial charge in [-0.1, -0.05) is 0 Å². The van der Waals surface area contributed by atoms with Crippen LogP contribution in [-0.4, -0.2) is 29.4 Å². The Morgan fingerprint density at radius 3 is 2.70 bits per heavy atom. The van der Waals surface area contributed by atoms with Crippen LogP contribution in [0.2, 0.25) is 0 Å². The minimum atomic E-state index is -1.45. The Morgan fingerprint density at radius 1 is 1.55 bits per heavy atom. The molecule has 108 valence electrons. The molecule has 8 nitrogen and oxygen atoms in total. The molecule has 0 radical (unpaired) electrons. The average Bonchev–Trinajstić information content (AvgIpc) is 2.37. The van der Waals surface area contributed by atoms with Gasteiger partial charge in [-0.2, -0.15) is 0 Å². The first-order valence-corrected chi connectivity index (χ1v) is 6.33. The lowest BCUT2D eigenvalue weighted by atomic mass is 10.2. The number of ether oxygens (including phenoxy) is 1. The summed E-state index contributed by atoms with van der Waals surface area (Å²) in [6, 6.07) is 2.44. The lowest BCUT2D eigenvalue weighted by Gasteiger charge is -2.11.